The maximum absolute atomic E-state index is 9.23. The van der Waals surface area contributed by atoms with Crippen LogP contribution in [0.5, 0.6) is 5.75 Å². The van der Waals surface area contributed by atoms with E-state index in [-0.39, 0.29) is 0 Å². The largest absolute Gasteiger partial charge is 0.508 e. The predicted octanol–water partition coefficient (Wildman–Crippen LogP) is 2.45. The standard InChI is InChI=1S/C16H26N2O/c1-13(12-15-4-2-3-10-18-15)17-11-9-14-5-7-16(19)8-6-14/h5-8,13,15,17-19H,2-4,9-12H2,1H3. The minimum atomic E-state index is 0.341. The Hall–Kier alpha value is -1.06. The second kappa shape index (κ2) is 7.51. The van der Waals surface area contributed by atoms with Crippen LogP contribution in [-0.2, 0) is 6.42 Å². The molecule has 3 nitrogen and oxygen atoms in total. The van der Waals surface area contributed by atoms with Crippen LogP contribution in [-0.4, -0.2) is 30.3 Å². The van der Waals surface area contributed by atoms with Gasteiger partial charge in [-0.15, -0.1) is 0 Å². The summed E-state index contributed by atoms with van der Waals surface area (Å²) in [6, 6.07) is 8.75. The molecule has 0 spiro atoms. The third kappa shape index (κ3) is 5.21. The average Bonchev–Trinajstić information content (AvgIpc) is 2.42. The third-order valence-electron chi connectivity index (χ3n) is 3.89. The summed E-state index contributed by atoms with van der Waals surface area (Å²) in [7, 11) is 0. The Kier molecular flexibility index (Phi) is 5.67. The predicted molar refractivity (Wildman–Crippen MR) is 79.5 cm³/mol. The van der Waals surface area contributed by atoms with E-state index in [0.29, 0.717) is 17.8 Å². The third-order valence-corrected chi connectivity index (χ3v) is 3.89. The molecule has 0 aliphatic carbocycles. The molecule has 1 saturated heterocycles. The molecule has 1 heterocycles. The monoisotopic (exact) mass is 262 g/mol. The fourth-order valence-electron chi connectivity index (χ4n) is 2.76. The van der Waals surface area contributed by atoms with Crippen LogP contribution in [0.4, 0.5) is 0 Å². The molecule has 1 aliphatic heterocycles. The molecule has 1 fully saturated rings. The Balaban J connectivity index is 1.63. The van der Waals surface area contributed by atoms with Crippen LogP contribution in [0.2, 0.25) is 0 Å². The van der Waals surface area contributed by atoms with E-state index in [1.807, 2.05) is 12.1 Å². The number of aromatic hydroxyl groups is 1. The van der Waals surface area contributed by atoms with Crippen molar-refractivity contribution in [3.8, 4) is 5.75 Å². The molecule has 106 valence electrons. The van der Waals surface area contributed by atoms with E-state index in [0.717, 1.165) is 13.0 Å². The molecule has 0 radical (unpaired) electrons. The summed E-state index contributed by atoms with van der Waals surface area (Å²) in [5, 5.41) is 16.4. The van der Waals surface area contributed by atoms with Gasteiger partial charge >= 0.3 is 0 Å². The molecule has 2 rings (SSSR count). The lowest BCUT2D eigenvalue weighted by Crippen LogP contribution is -2.40. The maximum atomic E-state index is 9.23. The highest BCUT2D eigenvalue weighted by atomic mass is 16.3. The van der Waals surface area contributed by atoms with Crippen LogP contribution in [0, 0.1) is 0 Å². The summed E-state index contributed by atoms with van der Waals surface area (Å²) in [5.74, 6) is 0.341. The number of hydrogen-bond donors (Lipinski definition) is 3. The van der Waals surface area contributed by atoms with Crippen LogP contribution in [0.3, 0.4) is 0 Å². The molecule has 2 atom stereocenters. The van der Waals surface area contributed by atoms with Gasteiger partial charge in [-0.1, -0.05) is 18.6 Å². The minimum absolute atomic E-state index is 0.341. The van der Waals surface area contributed by atoms with Crippen molar-refractivity contribution in [2.45, 2.75) is 51.1 Å². The first-order chi connectivity index (χ1) is 9.24. The van der Waals surface area contributed by atoms with Gasteiger partial charge in [0, 0.05) is 12.1 Å². The zero-order chi connectivity index (χ0) is 13.5. The number of hydrogen-bond acceptors (Lipinski definition) is 3. The highest BCUT2D eigenvalue weighted by molar-refractivity contribution is 5.25. The topological polar surface area (TPSA) is 44.3 Å². The van der Waals surface area contributed by atoms with Crippen molar-refractivity contribution in [1.82, 2.24) is 10.6 Å². The summed E-state index contributed by atoms with van der Waals surface area (Å²) in [6.07, 6.45) is 6.26. The van der Waals surface area contributed by atoms with E-state index in [9.17, 15) is 5.11 Å². The van der Waals surface area contributed by atoms with E-state index < -0.39 is 0 Å². The first-order valence-electron chi connectivity index (χ1n) is 7.49. The van der Waals surface area contributed by atoms with Crippen molar-refractivity contribution in [2.75, 3.05) is 13.1 Å². The van der Waals surface area contributed by atoms with Crippen molar-refractivity contribution < 1.29 is 5.11 Å². The van der Waals surface area contributed by atoms with Gasteiger partial charge in [0.15, 0.2) is 0 Å². The van der Waals surface area contributed by atoms with Gasteiger partial charge in [0.1, 0.15) is 5.75 Å². The average molecular weight is 262 g/mol. The quantitative estimate of drug-likeness (QED) is 0.738. The highest BCUT2D eigenvalue weighted by Gasteiger charge is 2.15. The molecule has 3 heteroatoms. The van der Waals surface area contributed by atoms with E-state index in [1.165, 1.54) is 37.8 Å². The molecule has 3 N–H and O–H groups in total. The summed E-state index contributed by atoms with van der Waals surface area (Å²) in [6.45, 7) is 4.46. The first-order valence-corrected chi connectivity index (χ1v) is 7.49. The number of phenolic OH excluding ortho intramolecular Hbond substituents is 1. The van der Waals surface area contributed by atoms with Crippen LogP contribution in [0.1, 0.15) is 38.2 Å². The highest BCUT2D eigenvalue weighted by Crippen LogP contribution is 2.12. The smallest absolute Gasteiger partial charge is 0.115 e. The zero-order valence-corrected chi connectivity index (χ0v) is 11.9. The van der Waals surface area contributed by atoms with Gasteiger partial charge in [-0.05, 0) is 63.4 Å². The summed E-state index contributed by atoms with van der Waals surface area (Å²) < 4.78 is 0. The van der Waals surface area contributed by atoms with E-state index in [1.54, 1.807) is 12.1 Å². The molecule has 19 heavy (non-hydrogen) atoms. The van der Waals surface area contributed by atoms with Crippen molar-refractivity contribution >= 4 is 0 Å². The van der Waals surface area contributed by atoms with E-state index in [4.69, 9.17) is 0 Å². The van der Waals surface area contributed by atoms with E-state index >= 15 is 0 Å². The number of nitrogens with one attached hydrogen (secondary N) is 2. The second-order valence-electron chi connectivity index (χ2n) is 5.65. The Morgan fingerprint density at radius 1 is 1.32 bits per heavy atom. The van der Waals surface area contributed by atoms with Gasteiger partial charge < -0.3 is 15.7 Å². The fourth-order valence-corrected chi connectivity index (χ4v) is 2.76. The molecule has 2 unspecified atom stereocenters. The molecular weight excluding hydrogens is 236 g/mol. The minimum Gasteiger partial charge on any atom is -0.508 e. The van der Waals surface area contributed by atoms with Crippen LogP contribution in [0.25, 0.3) is 0 Å². The molecule has 0 amide bonds. The van der Waals surface area contributed by atoms with Gasteiger partial charge in [0.2, 0.25) is 0 Å². The lowest BCUT2D eigenvalue weighted by molar-refractivity contribution is 0.346. The molecular formula is C16H26N2O. The molecule has 0 saturated carbocycles. The Morgan fingerprint density at radius 3 is 2.79 bits per heavy atom. The lowest BCUT2D eigenvalue weighted by atomic mass is 9.99. The van der Waals surface area contributed by atoms with Gasteiger partial charge in [-0.2, -0.15) is 0 Å². The van der Waals surface area contributed by atoms with Crippen molar-refractivity contribution in [2.24, 2.45) is 0 Å². The Bertz CT molecular complexity index is 358. The van der Waals surface area contributed by atoms with Crippen LogP contribution < -0.4 is 10.6 Å². The van der Waals surface area contributed by atoms with Gasteiger partial charge in [-0.25, -0.2) is 0 Å². The van der Waals surface area contributed by atoms with Crippen LogP contribution in [0.15, 0.2) is 24.3 Å². The Labute approximate surface area is 116 Å². The normalized spacial score (nSPS) is 21.2. The second-order valence-corrected chi connectivity index (χ2v) is 5.65. The van der Waals surface area contributed by atoms with Gasteiger partial charge in [0.25, 0.3) is 0 Å². The first kappa shape index (κ1) is 14.4. The number of piperidine rings is 1. The van der Waals surface area contributed by atoms with E-state index in [2.05, 4.69) is 17.6 Å². The number of rotatable bonds is 6. The van der Waals surface area contributed by atoms with Gasteiger partial charge in [0.05, 0.1) is 0 Å². The Morgan fingerprint density at radius 2 is 2.11 bits per heavy atom. The zero-order valence-electron chi connectivity index (χ0n) is 11.9. The molecule has 1 aromatic rings. The lowest BCUT2D eigenvalue weighted by Gasteiger charge is -2.26. The summed E-state index contributed by atoms with van der Waals surface area (Å²) in [5.41, 5.74) is 1.27. The SMILES string of the molecule is CC(CC1CCCCN1)NCCc1ccc(O)cc1. The summed E-state index contributed by atoms with van der Waals surface area (Å²) in [4.78, 5) is 0. The molecule has 0 aromatic heterocycles. The maximum Gasteiger partial charge on any atom is 0.115 e. The number of benzene rings is 1. The molecule has 0 bridgehead atoms. The van der Waals surface area contributed by atoms with Crippen molar-refractivity contribution in [3.05, 3.63) is 29.8 Å². The molecule has 1 aliphatic rings. The van der Waals surface area contributed by atoms with Crippen molar-refractivity contribution in [3.63, 3.8) is 0 Å². The van der Waals surface area contributed by atoms with Gasteiger partial charge in [-0.3, -0.25) is 0 Å². The summed E-state index contributed by atoms with van der Waals surface area (Å²) >= 11 is 0. The fraction of sp³-hybridized carbons (Fsp3) is 0.625. The number of phenols is 1. The van der Waals surface area contributed by atoms with Crippen LogP contribution >= 0.6 is 0 Å². The molecule has 1 aromatic carbocycles. The van der Waals surface area contributed by atoms with Crippen molar-refractivity contribution in [1.29, 1.82) is 0 Å².